The minimum Gasteiger partial charge on any atom is -0.331 e. The molecular weight excluding hydrogens is 265 g/mol. The zero-order chi connectivity index (χ0) is 14.9. The van der Waals surface area contributed by atoms with E-state index in [9.17, 15) is 19.3 Å². The molecule has 1 aliphatic heterocycles. The Bertz CT molecular complexity index is 540. The number of piperazine rings is 1. The van der Waals surface area contributed by atoms with Crippen molar-refractivity contribution >= 4 is 11.6 Å². The summed E-state index contributed by atoms with van der Waals surface area (Å²) in [5.74, 6) is -1.16. The first kappa shape index (κ1) is 14.4. The second-order valence-electron chi connectivity index (χ2n) is 5.02. The number of benzene rings is 1. The Balaban J connectivity index is 2.35. The quantitative estimate of drug-likeness (QED) is 0.659. The van der Waals surface area contributed by atoms with Crippen molar-refractivity contribution in [3.05, 3.63) is 39.7 Å². The Morgan fingerprint density at radius 3 is 2.50 bits per heavy atom. The molecule has 0 bridgehead atoms. The Morgan fingerprint density at radius 2 is 1.95 bits per heavy atom. The van der Waals surface area contributed by atoms with E-state index < -0.39 is 16.4 Å². The highest BCUT2D eigenvalue weighted by atomic mass is 19.1. The summed E-state index contributed by atoms with van der Waals surface area (Å²) in [4.78, 5) is 24.1. The monoisotopic (exact) mass is 281 g/mol. The molecule has 2 rings (SSSR count). The first-order chi connectivity index (χ1) is 9.40. The highest BCUT2D eigenvalue weighted by Crippen LogP contribution is 2.20. The normalized spacial score (nSPS) is 22.6. The van der Waals surface area contributed by atoms with Crippen LogP contribution in [0, 0.1) is 15.9 Å². The smallest absolute Gasteiger partial charge is 0.273 e. The van der Waals surface area contributed by atoms with Gasteiger partial charge in [0.2, 0.25) is 0 Å². The summed E-state index contributed by atoms with van der Waals surface area (Å²) in [5, 5.41) is 13.9. The largest absolute Gasteiger partial charge is 0.331 e. The number of carbonyl (C=O) groups is 1. The van der Waals surface area contributed by atoms with E-state index in [1.54, 1.807) is 4.90 Å². The van der Waals surface area contributed by atoms with Crippen molar-refractivity contribution in [2.75, 3.05) is 13.1 Å². The number of nitro groups is 1. The van der Waals surface area contributed by atoms with Crippen molar-refractivity contribution in [3.8, 4) is 0 Å². The molecule has 1 saturated heterocycles. The van der Waals surface area contributed by atoms with Crippen LogP contribution in [0.15, 0.2) is 18.2 Å². The van der Waals surface area contributed by atoms with Crippen molar-refractivity contribution in [2.24, 2.45) is 0 Å². The first-order valence-electron chi connectivity index (χ1n) is 6.38. The molecule has 108 valence electrons. The third-order valence-corrected chi connectivity index (χ3v) is 3.40. The Labute approximate surface area is 115 Å². The maximum absolute atomic E-state index is 13.4. The van der Waals surface area contributed by atoms with Crippen LogP contribution in [-0.4, -0.2) is 40.9 Å². The lowest BCUT2D eigenvalue weighted by molar-refractivity contribution is -0.385. The molecule has 2 atom stereocenters. The number of nitrogens with zero attached hydrogens (tertiary/aromatic N) is 2. The zero-order valence-electron chi connectivity index (χ0n) is 11.3. The molecule has 7 heteroatoms. The van der Waals surface area contributed by atoms with Crippen molar-refractivity contribution in [3.63, 3.8) is 0 Å². The molecule has 6 nitrogen and oxygen atoms in total. The highest BCUT2D eigenvalue weighted by molar-refractivity contribution is 5.95. The van der Waals surface area contributed by atoms with Gasteiger partial charge in [0.05, 0.1) is 11.0 Å². The first-order valence-corrected chi connectivity index (χ1v) is 6.38. The average Bonchev–Trinajstić information content (AvgIpc) is 2.37. The number of hydrogen-bond acceptors (Lipinski definition) is 4. The number of nitro benzene ring substituents is 1. The summed E-state index contributed by atoms with van der Waals surface area (Å²) in [6, 6.07) is 2.87. The van der Waals surface area contributed by atoms with Gasteiger partial charge in [-0.05, 0) is 19.9 Å². The van der Waals surface area contributed by atoms with E-state index in [-0.39, 0.29) is 23.6 Å². The van der Waals surface area contributed by atoms with Crippen LogP contribution in [0.4, 0.5) is 10.1 Å². The molecule has 1 amide bonds. The standard InChI is InChI=1S/C13H16FN3O3/c1-8-6-15-7-9(2)16(8)13(18)10-3-11(14)5-12(4-10)17(19)20/h3-5,8-9,15H,6-7H2,1-2H3. The number of rotatable bonds is 2. The van der Waals surface area contributed by atoms with Crippen LogP contribution in [0.5, 0.6) is 0 Å². The van der Waals surface area contributed by atoms with Crippen LogP contribution < -0.4 is 5.32 Å². The van der Waals surface area contributed by atoms with E-state index >= 15 is 0 Å². The van der Waals surface area contributed by atoms with E-state index in [2.05, 4.69) is 5.32 Å². The zero-order valence-corrected chi connectivity index (χ0v) is 11.3. The molecule has 0 spiro atoms. The van der Waals surface area contributed by atoms with Gasteiger partial charge >= 0.3 is 0 Å². The third kappa shape index (κ3) is 2.77. The Morgan fingerprint density at radius 1 is 1.35 bits per heavy atom. The summed E-state index contributed by atoms with van der Waals surface area (Å²) >= 11 is 0. The molecule has 1 aromatic carbocycles. The minimum atomic E-state index is -0.780. The van der Waals surface area contributed by atoms with E-state index in [4.69, 9.17) is 0 Å². The molecule has 1 aromatic rings. The van der Waals surface area contributed by atoms with Gasteiger partial charge in [-0.2, -0.15) is 0 Å². The molecule has 0 aromatic heterocycles. The van der Waals surface area contributed by atoms with Crippen molar-refractivity contribution < 1.29 is 14.1 Å². The van der Waals surface area contributed by atoms with Gasteiger partial charge in [0, 0.05) is 36.8 Å². The van der Waals surface area contributed by atoms with Crippen LogP contribution in [0.1, 0.15) is 24.2 Å². The van der Waals surface area contributed by atoms with Gasteiger partial charge in [0.1, 0.15) is 5.82 Å². The number of halogens is 1. The summed E-state index contributed by atoms with van der Waals surface area (Å²) in [5.41, 5.74) is -0.402. The molecule has 20 heavy (non-hydrogen) atoms. The van der Waals surface area contributed by atoms with Gasteiger partial charge in [0.15, 0.2) is 0 Å². The Hall–Kier alpha value is -2.02. The summed E-state index contributed by atoms with van der Waals surface area (Å²) in [6.45, 7) is 5.06. The van der Waals surface area contributed by atoms with Gasteiger partial charge < -0.3 is 10.2 Å². The molecule has 2 unspecified atom stereocenters. The lowest BCUT2D eigenvalue weighted by Crippen LogP contribution is -2.57. The number of nitrogens with one attached hydrogen (secondary N) is 1. The van der Waals surface area contributed by atoms with Crippen LogP contribution in [0.25, 0.3) is 0 Å². The fraction of sp³-hybridized carbons (Fsp3) is 0.462. The number of hydrogen-bond donors (Lipinski definition) is 1. The van der Waals surface area contributed by atoms with Crippen LogP contribution in [0.3, 0.4) is 0 Å². The van der Waals surface area contributed by atoms with E-state index in [1.165, 1.54) is 0 Å². The summed E-state index contributed by atoms with van der Waals surface area (Å²) in [6.07, 6.45) is 0. The molecule has 1 N–H and O–H groups in total. The third-order valence-electron chi connectivity index (χ3n) is 3.40. The van der Waals surface area contributed by atoms with E-state index in [0.717, 1.165) is 18.2 Å². The topological polar surface area (TPSA) is 75.5 Å². The van der Waals surface area contributed by atoms with E-state index in [0.29, 0.717) is 13.1 Å². The maximum atomic E-state index is 13.4. The SMILES string of the molecule is CC1CNCC(C)N1C(=O)c1cc(F)cc([N+](=O)[O-])c1. The van der Waals surface area contributed by atoms with Crippen LogP contribution in [-0.2, 0) is 0 Å². The van der Waals surface area contributed by atoms with Crippen molar-refractivity contribution in [1.29, 1.82) is 0 Å². The second kappa shape index (κ2) is 5.54. The summed E-state index contributed by atoms with van der Waals surface area (Å²) < 4.78 is 13.4. The molecule has 1 heterocycles. The average molecular weight is 281 g/mol. The minimum absolute atomic E-state index is 0.0114. The van der Waals surface area contributed by atoms with Gasteiger partial charge in [0.25, 0.3) is 11.6 Å². The predicted octanol–water partition coefficient (Wildman–Crippen LogP) is 1.56. The Kier molecular flexibility index (Phi) is 3.99. The second-order valence-corrected chi connectivity index (χ2v) is 5.02. The van der Waals surface area contributed by atoms with Gasteiger partial charge in [-0.25, -0.2) is 4.39 Å². The molecule has 0 saturated carbocycles. The predicted molar refractivity (Wildman–Crippen MR) is 71.0 cm³/mol. The lowest BCUT2D eigenvalue weighted by atomic mass is 10.1. The molecule has 1 aliphatic rings. The van der Waals surface area contributed by atoms with E-state index in [1.807, 2.05) is 13.8 Å². The van der Waals surface area contributed by atoms with Crippen molar-refractivity contribution in [1.82, 2.24) is 10.2 Å². The molecule has 0 aliphatic carbocycles. The maximum Gasteiger partial charge on any atom is 0.273 e. The number of carbonyl (C=O) groups excluding carboxylic acids is 1. The van der Waals surface area contributed by atoms with Gasteiger partial charge in [-0.1, -0.05) is 0 Å². The highest BCUT2D eigenvalue weighted by Gasteiger charge is 2.30. The lowest BCUT2D eigenvalue weighted by Gasteiger charge is -2.39. The molecule has 1 fully saturated rings. The fourth-order valence-corrected chi connectivity index (χ4v) is 2.48. The number of amides is 1. The van der Waals surface area contributed by atoms with Crippen LogP contribution in [0.2, 0.25) is 0 Å². The number of non-ortho nitro benzene ring substituents is 1. The van der Waals surface area contributed by atoms with Gasteiger partial charge in [-0.3, -0.25) is 14.9 Å². The fourth-order valence-electron chi connectivity index (χ4n) is 2.48. The van der Waals surface area contributed by atoms with Gasteiger partial charge in [-0.15, -0.1) is 0 Å². The summed E-state index contributed by atoms with van der Waals surface area (Å²) in [7, 11) is 0. The van der Waals surface area contributed by atoms with Crippen LogP contribution >= 0.6 is 0 Å². The van der Waals surface area contributed by atoms with Crippen molar-refractivity contribution in [2.45, 2.75) is 25.9 Å². The molecule has 0 radical (unpaired) electrons. The molecular formula is C13H16FN3O3.